The van der Waals surface area contributed by atoms with Crippen LogP contribution in [0.1, 0.15) is 20.7 Å². The maximum absolute atomic E-state index is 13.6. The lowest BCUT2D eigenvalue weighted by molar-refractivity contribution is 0.0981. The Morgan fingerprint density at radius 2 is 0.684 bits per heavy atom. The van der Waals surface area contributed by atoms with Crippen LogP contribution < -0.4 is 20.9 Å². The minimum absolute atomic E-state index is 0.249. The van der Waals surface area contributed by atoms with Gasteiger partial charge >= 0.3 is 0 Å². The Bertz CT molecular complexity index is 1360. The zero-order valence-electron chi connectivity index (χ0n) is 20.6. The average molecular weight is 499 g/mol. The van der Waals surface area contributed by atoms with Crippen molar-refractivity contribution in [2.45, 2.75) is 0 Å². The Labute approximate surface area is 221 Å². The van der Waals surface area contributed by atoms with E-state index in [2.05, 4.69) is 10.9 Å². The lowest BCUT2D eigenvalue weighted by atomic mass is 10.1. The zero-order chi connectivity index (χ0) is 26.2. The van der Waals surface area contributed by atoms with E-state index in [0.717, 1.165) is 11.4 Å². The van der Waals surface area contributed by atoms with Gasteiger partial charge in [-0.05, 0) is 72.8 Å². The highest BCUT2D eigenvalue weighted by molar-refractivity contribution is 6.10. The van der Waals surface area contributed by atoms with Gasteiger partial charge in [-0.15, -0.1) is 0 Å². The summed E-state index contributed by atoms with van der Waals surface area (Å²) in [7, 11) is 0. The van der Waals surface area contributed by atoms with Crippen LogP contribution in [0, 0.1) is 0 Å². The van der Waals surface area contributed by atoms with Crippen LogP contribution in [0.4, 0.5) is 22.7 Å². The summed E-state index contributed by atoms with van der Waals surface area (Å²) in [6.07, 6.45) is 0. The molecule has 6 heteroatoms. The molecule has 0 radical (unpaired) electrons. The number of carbonyl (C=O) groups excluding carboxylic acids is 2. The smallest absolute Gasteiger partial charge is 0.276 e. The number of nitrogens with one attached hydrogen (secondary N) is 2. The van der Waals surface area contributed by atoms with Crippen molar-refractivity contribution in [3.05, 3.63) is 157 Å². The first kappa shape index (κ1) is 24.3. The fourth-order valence-electron chi connectivity index (χ4n) is 3.92. The molecule has 186 valence electrons. The summed E-state index contributed by atoms with van der Waals surface area (Å²) in [5.74, 6) is -0.497. The van der Waals surface area contributed by atoms with Crippen molar-refractivity contribution in [3.63, 3.8) is 0 Å². The Kier molecular flexibility index (Phi) is 7.42. The zero-order valence-corrected chi connectivity index (χ0v) is 20.6. The number of hydrazine groups is 2. The van der Waals surface area contributed by atoms with Gasteiger partial charge in [-0.1, -0.05) is 72.8 Å². The van der Waals surface area contributed by atoms with E-state index in [-0.39, 0.29) is 11.8 Å². The lowest BCUT2D eigenvalue weighted by Crippen LogP contribution is -2.37. The Balaban J connectivity index is 1.41. The Hall–Kier alpha value is -5.36. The summed E-state index contributed by atoms with van der Waals surface area (Å²) in [6, 6.07) is 44.4. The number of para-hydroxylation sites is 4. The SMILES string of the molecule is O=C(c1ccc(C(=O)N(Nc2ccccc2)c2ccccc2)cc1)N(Nc1ccccc1)c1ccccc1. The second-order valence-electron chi connectivity index (χ2n) is 8.49. The van der Waals surface area contributed by atoms with Gasteiger partial charge in [0.05, 0.1) is 22.7 Å². The van der Waals surface area contributed by atoms with Crippen molar-refractivity contribution in [1.29, 1.82) is 0 Å². The third kappa shape index (κ3) is 5.71. The summed E-state index contributed by atoms with van der Waals surface area (Å²) < 4.78 is 0. The number of rotatable bonds is 8. The molecule has 5 aromatic rings. The van der Waals surface area contributed by atoms with Crippen LogP contribution in [-0.4, -0.2) is 11.8 Å². The third-order valence-corrected chi connectivity index (χ3v) is 5.84. The van der Waals surface area contributed by atoms with Crippen LogP contribution in [0.3, 0.4) is 0 Å². The van der Waals surface area contributed by atoms with Gasteiger partial charge in [0.1, 0.15) is 0 Å². The molecule has 0 saturated heterocycles. The molecule has 0 unspecified atom stereocenters. The molecule has 2 amide bonds. The number of hydrogen-bond acceptors (Lipinski definition) is 4. The predicted octanol–water partition coefficient (Wildman–Crippen LogP) is 7.03. The van der Waals surface area contributed by atoms with Crippen LogP contribution in [0.25, 0.3) is 0 Å². The van der Waals surface area contributed by atoms with Gasteiger partial charge in [-0.25, -0.2) is 10.0 Å². The van der Waals surface area contributed by atoms with Gasteiger partial charge in [0.25, 0.3) is 11.8 Å². The molecule has 38 heavy (non-hydrogen) atoms. The summed E-state index contributed by atoms with van der Waals surface area (Å²) in [4.78, 5) is 27.2. The highest BCUT2D eigenvalue weighted by Crippen LogP contribution is 2.22. The molecule has 0 aliphatic heterocycles. The molecule has 0 aliphatic rings. The van der Waals surface area contributed by atoms with Gasteiger partial charge in [-0.3, -0.25) is 20.4 Å². The molecule has 0 heterocycles. The van der Waals surface area contributed by atoms with Gasteiger partial charge in [0, 0.05) is 11.1 Å². The fraction of sp³-hybridized carbons (Fsp3) is 0. The molecule has 0 bridgehead atoms. The van der Waals surface area contributed by atoms with Gasteiger partial charge in [0.15, 0.2) is 0 Å². The maximum atomic E-state index is 13.6. The van der Waals surface area contributed by atoms with Crippen molar-refractivity contribution in [2.24, 2.45) is 0 Å². The van der Waals surface area contributed by atoms with E-state index in [4.69, 9.17) is 0 Å². The van der Waals surface area contributed by atoms with E-state index in [9.17, 15) is 9.59 Å². The molecule has 6 nitrogen and oxygen atoms in total. The minimum atomic E-state index is -0.249. The van der Waals surface area contributed by atoms with Crippen LogP contribution in [-0.2, 0) is 0 Å². The average Bonchev–Trinajstić information content (AvgIpc) is 3.00. The second kappa shape index (κ2) is 11.6. The molecule has 0 fully saturated rings. The Morgan fingerprint density at radius 3 is 1.00 bits per heavy atom. The number of benzene rings is 5. The lowest BCUT2D eigenvalue weighted by Gasteiger charge is -2.25. The van der Waals surface area contributed by atoms with Gasteiger partial charge < -0.3 is 0 Å². The first-order valence-corrected chi connectivity index (χ1v) is 12.2. The predicted molar refractivity (Wildman–Crippen MR) is 153 cm³/mol. The van der Waals surface area contributed by atoms with Gasteiger partial charge in [0.2, 0.25) is 0 Å². The van der Waals surface area contributed by atoms with E-state index in [1.165, 1.54) is 10.0 Å². The van der Waals surface area contributed by atoms with Crippen LogP contribution in [0.5, 0.6) is 0 Å². The number of amides is 2. The molecule has 0 aliphatic carbocycles. The maximum Gasteiger partial charge on any atom is 0.276 e. The minimum Gasteiger partial charge on any atom is -0.291 e. The number of hydrogen-bond donors (Lipinski definition) is 2. The summed E-state index contributed by atoms with van der Waals surface area (Å²) in [5.41, 5.74) is 10.2. The molecule has 0 spiro atoms. The first-order chi connectivity index (χ1) is 18.7. The van der Waals surface area contributed by atoms with Crippen molar-refractivity contribution >= 4 is 34.6 Å². The van der Waals surface area contributed by atoms with Crippen LogP contribution in [0.2, 0.25) is 0 Å². The molecule has 0 saturated carbocycles. The molecular weight excluding hydrogens is 472 g/mol. The van der Waals surface area contributed by atoms with E-state index in [0.29, 0.717) is 22.5 Å². The van der Waals surface area contributed by atoms with Crippen molar-refractivity contribution < 1.29 is 9.59 Å². The van der Waals surface area contributed by atoms with E-state index in [1.54, 1.807) is 24.3 Å². The monoisotopic (exact) mass is 498 g/mol. The number of carbonyl (C=O) groups is 2. The molecular formula is C32H26N4O2. The molecule has 5 aromatic carbocycles. The third-order valence-electron chi connectivity index (χ3n) is 5.84. The number of anilines is 4. The largest absolute Gasteiger partial charge is 0.291 e. The number of nitrogens with zero attached hydrogens (tertiary/aromatic N) is 2. The van der Waals surface area contributed by atoms with Crippen molar-refractivity contribution in [2.75, 3.05) is 20.9 Å². The second-order valence-corrected chi connectivity index (χ2v) is 8.49. The first-order valence-electron chi connectivity index (χ1n) is 12.2. The van der Waals surface area contributed by atoms with Crippen LogP contribution >= 0.6 is 0 Å². The molecule has 2 N–H and O–H groups in total. The standard InChI is InChI=1S/C32H26N4O2/c37-31(35(29-17-9-3-10-18-29)33-27-13-5-1-6-14-27)25-21-23-26(24-22-25)32(38)36(30-19-11-4-12-20-30)34-28-15-7-2-8-16-28/h1-24,33-34H. The highest BCUT2D eigenvalue weighted by Gasteiger charge is 2.21. The Morgan fingerprint density at radius 1 is 0.395 bits per heavy atom. The molecule has 0 aromatic heterocycles. The molecule has 0 atom stereocenters. The summed E-state index contributed by atoms with van der Waals surface area (Å²) in [5, 5.41) is 3.00. The fourth-order valence-corrected chi connectivity index (χ4v) is 3.92. The molecule has 5 rings (SSSR count). The van der Waals surface area contributed by atoms with E-state index < -0.39 is 0 Å². The summed E-state index contributed by atoms with van der Waals surface area (Å²) >= 11 is 0. The quantitative estimate of drug-likeness (QED) is 0.225. The van der Waals surface area contributed by atoms with Crippen molar-refractivity contribution in [1.82, 2.24) is 0 Å². The topological polar surface area (TPSA) is 64.7 Å². The van der Waals surface area contributed by atoms with E-state index in [1.807, 2.05) is 121 Å². The van der Waals surface area contributed by atoms with Crippen molar-refractivity contribution in [3.8, 4) is 0 Å². The van der Waals surface area contributed by atoms with E-state index >= 15 is 0 Å². The normalized spacial score (nSPS) is 10.3. The summed E-state index contributed by atoms with van der Waals surface area (Å²) in [6.45, 7) is 0. The highest BCUT2D eigenvalue weighted by atomic mass is 16.2. The van der Waals surface area contributed by atoms with Gasteiger partial charge in [-0.2, -0.15) is 0 Å². The van der Waals surface area contributed by atoms with Crippen LogP contribution in [0.15, 0.2) is 146 Å².